The van der Waals surface area contributed by atoms with E-state index in [0.29, 0.717) is 12.0 Å². The number of nitrogens with one attached hydrogen (secondary N) is 2. The second-order valence-electron chi connectivity index (χ2n) is 3.78. The van der Waals surface area contributed by atoms with Gasteiger partial charge < -0.3 is 5.11 Å². The Hall–Kier alpha value is -1.44. The number of aromatic amines is 1. The monoisotopic (exact) mass is 227 g/mol. The first-order valence-corrected chi connectivity index (χ1v) is 4.96. The molecule has 0 aromatic carbocycles. The average Bonchev–Trinajstić information content (AvgIpc) is 2.71. The Bertz CT molecular complexity index is 492. The van der Waals surface area contributed by atoms with Crippen LogP contribution < -0.4 is 16.7 Å². The Morgan fingerprint density at radius 1 is 1.62 bits per heavy atom. The molecule has 7 nitrogen and oxygen atoms in total. The van der Waals surface area contributed by atoms with Gasteiger partial charge in [0.05, 0.1) is 12.6 Å². The van der Waals surface area contributed by atoms with Crippen molar-refractivity contribution < 1.29 is 9.94 Å². The summed E-state index contributed by atoms with van der Waals surface area (Å²) in [6.45, 7) is 1.55. The summed E-state index contributed by atoms with van der Waals surface area (Å²) >= 11 is 0. The van der Waals surface area contributed by atoms with Crippen molar-refractivity contribution in [3.8, 4) is 0 Å². The van der Waals surface area contributed by atoms with Gasteiger partial charge in [0.2, 0.25) is 0 Å². The molecule has 0 saturated carbocycles. The van der Waals surface area contributed by atoms with E-state index < -0.39 is 17.5 Å². The number of H-pyrrole nitrogens is 1. The molecule has 1 aliphatic heterocycles. The molecule has 1 aliphatic rings. The summed E-state index contributed by atoms with van der Waals surface area (Å²) in [7, 11) is 0. The van der Waals surface area contributed by atoms with E-state index in [4.69, 9.17) is 9.94 Å². The van der Waals surface area contributed by atoms with Crippen LogP contribution in [0.15, 0.2) is 15.8 Å². The minimum Gasteiger partial charge on any atom is -0.395 e. The van der Waals surface area contributed by atoms with Crippen molar-refractivity contribution in [1.82, 2.24) is 15.0 Å². The molecule has 2 atom stereocenters. The highest BCUT2D eigenvalue weighted by Gasteiger charge is 2.27. The van der Waals surface area contributed by atoms with E-state index in [0.717, 1.165) is 0 Å². The fraction of sp³-hybridized carbons (Fsp3) is 0.556. The average molecular weight is 227 g/mol. The highest BCUT2D eigenvalue weighted by atomic mass is 16.7. The van der Waals surface area contributed by atoms with Gasteiger partial charge in [0.1, 0.15) is 0 Å². The van der Waals surface area contributed by atoms with Gasteiger partial charge in [0.15, 0.2) is 6.23 Å². The Morgan fingerprint density at radius 3 is 3.00 bits per heavy atom. The van der Waals surface area contributed by atoms with Gasteiger partial charge in [-0.25, -0.2) is 4.79 Å². The largest absolute Gasteiger partial charge is 0.395 e. The van der Waals surface area contributed by atoms with Crippen molar-refractivity contribution in [1.29, 1.82) is 0 Å². The molecule has 7 heteroatoms. The van der Waals surface area contributed by atoms with Gasteiger partial charge >= 0.3 is 5.69 Å². The molecule has 1 aromatic heterocycles. The van der Waals surface area contributed by atoms with Crippen LogP contribution in [-0.2, 0) is 4.84 Å². The zero-order valence-corrected chi connectivity index (χ0v) is 8.77. The summed E-state index contributed by atoms with van der Waals surface area (Å²) in [6, 6.07) is -0.191. The van der Waals surface area contributed by atoms with Crippen molar-refractivity contribution >= 4 is 0 Å². The van der Waals surface area contributed by atoms with Crippen molar-refractivity contribution in [2.24, 2.45) is 0 Å². The molecule has 0 aliphatic carbocycles. The van der Waals surface area contributed by atoms with Crippen LogP contribution in [0.2, 0.25) is 0 Å². The molecule has 16 heavy (non-hydrogen) atoms. The van der Waals surface area contributed by atoms with Crippen LogP contribution in [0.1, 0.15) is 18.2 Å². The first kappa shape index (κ1) is 11.1. The van der Waals surface area contributed by atoms with E-state index in [1.807, 2.05) is 0 Å². The lowest BCUT2D eigenvalue weighted by atomic mass is 10.2. The maximum atomic E-state index is 11.5. The second kappa shape index (κ2) is 4.20. The molecular formula is C9H13N3O4. The first-order chi connectivity index (χ1) is 7.61. The number of hydroxylamine groups is 1. The predicted octanol–water partition coefficient (Wildman–Crippen LogP) is -1.37. The molecule has 2 rings (SSSR count). The lowest BCUT2D eigenvalue weighted by molar-refractivity contribution is -0.0199. The van der Waals surface area contributed by atoms with Crippen LogP contribution in [0.5, 0.6) is 0 Å². The Morgan fingerprint density at radius 2 is 2.38 bits per heavy atom. The number of rotatable bonds is 2. The molecule has 3 N–H and O–H groups in total. The minimum absolute atomic E-state index is 0.0619. The summed E-state index contributed by atoms with van der Waals surface area (Å²) in [5.41, 5.74) is 2.14. The molecule has 88 valence electrons. The number of aromatic nitrogens is 2. The van der Waals surface area contributed by atoms with Crippen molar-refractivity contribution in [3.63, 3.8) is 0 Å². The highest BCUT2D eigenvalue weighted by molar-refractivity contribution is 5.01. The number of nitrogens with zero attached hydrogens (tertiary/aromatic N) is 1. The van der Waals surface area contributed by atoms with E-state index in [1.165, 1.54) is 10.8 Å². The maximum Gasteiger partial charge on any atom is 0.330 e. The van der Waals surface area contributed by atoms with Crippen molar-refractivity contribution in [2.75, 3.05) is 6.61 Å². The van der Waals surface area contributed by atoms with Crippen LogP contribution in [-0.4, -0.2) is 27.3 Å². The van der Waals surface area contributed by atoms with E-state index in [2.05, 4.69) is 10.5 Å². The van der Waals surface area contributed by atoms with E-state index in [1.54, 1.807) is 6.92 Å². The molecule has 1 saturated heterocycles. The molecular weight excluding hydrogens is 214 g/mol. The maximum absolute atomic E-state index is 11.5. The lowest BCUT2D eigenvalue weighted by Crippen LogP contribution is -2.33. The number of aryl methyl sites for hydroxylation is 1. The Kier molecular flexibility index (Phi) is 2.90. The summed E-state index contributed by atoms with van der Waals surface area (Å²) in [5.74, 6) is 0. The van der Waals surface area contributed by atoms with Gasteiger partial charge in [-0.3, -0.25) is 19.2 Å². The fourth-order valence-electron chi connectivity index (χ4n) is 1.60. The highest BCUT2D eigenvalue weighted by Crippen LogP contribution is 2.18. The van der Waals surface area contributed by atoms with E-state index in [-0.39, 0.29) is 12.6 Å². The SMILES string of the molecule is Cc1cn([C@H]2C[C@H](CO)NO2)c(=O)[nH]c1=O. The van der Waals surface area contributed by atoms with Crippen LogP contribution in [0, 0.1) is 6.92 Å². The van der Waals surface area contributed by atoms with Gasteiger partial charge in [0, 0.05) is 18.2 Å². The van der Waals surface area contributed by atoms with Crippen LogP contribution >= 0.6 is 0 Å². The van der Waals surface area contributed by atoms with Gasteiger partial charge in [-0.05, 0) is 6.92 Å². The number of aliphatic hydroxyl groups excluding tert-OH is 1. The second-order valence-corrected chi connectivity index (χ2v) is 3.78. The van der Waals surface area contributed by atoms with Crippen molar-refractivity contribution in [2.45, 2.75) is 25.6 Å². The molecule has 0 unspecified atom stereocenters. The normalized spacial score (nSPS) is 24.9. The van der Waals surface area contributed by atoms with Gasteiger partial charge in [0.25, 0.3) is 5.56 Å². The fourth-order valence-corrected chi connectivity index (χ4v) is 1.60. The molecule has 1 fully saturated rings. The predicted molar refractivity (Wildman–Crippen MR) is 54.8 cm³/mol. The molecule has 0 spiro atoms. The van der Waals surface area contributed by atoms with Crippen LogP contribution in [0.25, 0.3) is 0 Å². The zero-order valence-electron chi connectivity index (χ0n) is 8.77. The Balaban J connectivity index is 2.32. The molecule has 1 aromatic rings. The topological polar surface area (TPSA) is 96.3 Å². The first-order valence-electron chi connectivity index (χ1n) is 4.96. The summed E-state index contributed by atoms with van der Waals surface area (Å²) in [5, 5.41) is 8.91. The lowest BCUT2D eigenvalue weighted by Gasteiger charge is -2.11. The quantitative estimate of drug-likeness (QED) is 0.579. The standard InChI is InChI=1S/C9H13N3O4/c1-5-3-12(9(15)10-8(5)14)7-2-6(4-13)11-16-7/h3,6-7,11,13H,2,4H2,1H3,(H,10,14,15)/t6-,7-/m1/s1. The van der Waals surface area contributed by atoms with Crippen molar-refractivity contribution in [3.05, 3.63) is 32.6 Å². The summed E-state index contributed by atoms with van der Waals surface area (Å²) in [4.78, 5) is 30.0. The van der Waals surface area contributed by atoms with Crippen LogP contribution in [0.4, 0.5) is 0 Å². The number of aliphatic hydroxyl groups is 1. The van der Waals surface area contributed by atoms with Gasteiger partial charge in [-0.15, -0.1) is 0 Å². The molecule has 0 radical (unpaired) electrons. The molecule has 0 bridgehead atoms. The van der Waals surface area contributed by atoms with Gasteiger partial charge in [-0.2, -0.15) is 5.48 Å². The van der Waals surface area contributed by atoms with Gasteiger partial charge in [-0.1, -0.05) is 0 Å². The van der Waals surface area contributed by atoms with E-state index >= 15 is 0 Å². The third-order valence-corrected chi connectivity index (χ3v) is 2.53. The molecule has 0 amide bonds. The third kappa shape index (κ3) is 1.92. The Labute approximate surface area is 90.6 Å². The third-order valence-electron chi connectivity index (χ3n) is 2.53. The summed E-state index contributed by atoms with van der Waals surface area (Å²) < 4.78 is 1.30. The molecule has 2 heterocycles. The zero-order chi connectivity index (χ0) is 11.7. The smallest absolute Gasteiger partial charge is 0.330 e. The minimum atomic E-state index is -0.513. The number of hydrogen-bond donors (Lipinski definition) is 3. The van der Waals surface area contributed by atoms with E-state index in [9.17, 15) is 9.59 Å². The summed E-state index contributed by atoms with van der Waals surface area (Å²) in [6.07, 6.45) is 1.43. The van der Waals surface area contributed by atoms with Crippen LogP contribution in [0.3, 0.4) is 0 Å². The number of hydrogen-bond acceptors (Lipinski definition) is 5.